The van der Waals surface area contributed by atoms with Crippen LogP contribution in [0, 0.1) is 5.41 Å². The monoisotopic (exact) mass is 218 g/mol. The van der Waals surface area contributed by atoms with E-state index in [0.717, 1.165) is 11.1 Å². The maximum Gasteiger partial charge on any atom is 0.122 e. The second-order valence-electron chi connectivity index (χ2n) is 4.33. The lowest BCUT2D eigenvalue weighted by Crippen LogP contribution is -2.12. The maximum atomic E-state index is 7.37. The summed E-state index contributed by atoms with van der Waals surface area (Å²) in [6, 6.07) is 7.71. The fourth-order valence-electron chi connectivity index (χ4n) is 2.10. The Morgan fingerprint density at radius 2 is 2.12 bits per heavy atom. The number of nitrogen functional groups attached to an aromatic ring is 1. The standard InChI is InChI=1S/C13H18N2O/c14-13(15)11-5-3-4-10(8-11)9-16-12-6-1-2-7-12/h3-5,8,12H,1-2,6-7,9H2,(H3,14,15). The van der Waals surface area contributed by atoms with Crippen molar-refractivity contribution in [3.63, 3.8) is 0 Å². The van der Waals surface area contributed by atoms with Crippen LogP contribution in [0.1, 0.15) is 36.8 Å². The van der Waals surface area contributed by atoms with Crippen LogP contribution in [0.5, 0.6) is 0 Å². The minimum atomic E-state index is 0.114. The third-order valence-electron chi connectivity index (χ3n) is 3.03. The molecule has 1 aliphatic carbocycles. The zero-order chi connectivity index (χ0) is 11.4. The van der Waals surface area contributed by atoms with E-state index in [9.17, 15) is 0 Å². The summed E-state index contributed by atoms with van der Waals surface area (Å²) >= 11 is 0. The number of ether oxygens (including phenoxy) is 1. The van der Waals surface area contributed by atoms with Crippen LogP contribution in [0.2, 0.25) is 0 Å². The van der Waals surface area contributed by atoms with Crippen molar-refractivity contribution in [1.29, 1.82) is 5.41 Å². The molecule has 2 rings (SSSR count). The van der Waals surface area contributed by atoms with Crippen LogP contribution in [0.3, 0.4) is 0 Å². The lowest BCUT2D eigenvalue weighted by molar-refractivity contribution is 0.0457. The van der Waals surface area contributed by atoms with Crippen molar-refractivity contribution in [3.8, 4) is 0 Å². The summed E-state index contributed by atoms with van der Waals surface area (Å²) in [6.07, 6.45) is 5.38. The highest BCUT2D eigenvalue weighted by atomic mass is 16.5. The second kappa shape index (κ2) is 5.12. The van der Waals surface area contributed by atoms with Crippen molar-refractivity contribution in [2.24, 2.45) is 5.73 Å². The van der Waals surface area contributed by atoms with Crippen molar-refractivity contribution in [3.05, 3.63) is 35.4 Å². The van der Waals surface area contributed by atoms with Gasteiger partial charge in [-0.3, -0.25) is 5.41 Å². The lowest BCUT2D eigenvalue weighted by atomic mass is 10.1. The predicted molar refractivity (Wildman–Crippen MR) is 64.5 cm³/mol. The summed E-state index contributed by atoms with van der Waals surface area (Å²) in [5, 5.41) is 7.37. The van der Waals surface area contributed by atoms with Gasteiger partial charge in [0.15, 0.2) is 0 Å². The SMILES string of the molecule is N=C(N)c1cccc(COC2CCCC2)c1. The van der Waals surface area contributed by atoms with E-state index in [1.54, 1.807) is 0 Å². The number of hydrogen-bond acceptors (Lipinski definition) is 2. The Bertz CT molecular complexity index is 370. The summed E-state index contributed by atoms with van der Waals surface area (Å²) in [6.45, 7) is 0.631. The molecule has 0 heterocycles. The first-order chi connectivity index (χ1) is 7.75. The molecule has 0 unspecified atom stereocenters. The van der Waals surface area contributed by atoms with E-state index < -0.39 is 0 Å². The highest BCUT2D eigenvalue weighted by Gasteiger charge is 2.15. The molecule has 0 saturated heterocycles. The van der Waals surface area contributed by atoms with Gasteiger partial charge >= 0.3 is 0 Å². The molecule has 1 saturated carbocycles. The lowest BCUT2D eigenvalue weighted by Gasteiger charge is -2.11. The molecule has 0 amide bonds. The van der Waals surface area contributed by atoms with Crippen molar-refractivity contribution in [2.45, 2.75) is 38.4 Å². The van der Waals surface area contributed by atoms with Crippen LogP contribution in [-0.2, 0) is 11.3 Å². The van der Waals surface area contributed by atoms with Gasteiger partial charge in [0.1, 0.15) is 5.84 Å². The Hall–Kier alpha value is -1.35. The summed E-state index contributed by atoms with van der Waals surface area (Å²) in [4.78, 5) is 0. The molecule has 1 aromatic carbocycles. The van der Waals surface area contributed by atoms with Crippen molar-refractivity contribution in [1.82, 2.24) is 0 Å². The van der Waals surface area contributed by atoms with Gasteiger partial charge in [-0.1, -0.05) is 31.0 Å². The summed E-state index contributed by atoms with van der Waals surface area (Å²) < 4.78 is 5.81. The van der Waals surface area contributed by atoms with Crippen LogP contribution in [-0.4, -0.2) is 11.9 Å². The molecule has 0 atom stereocenters. The Kier molecular flexibility index (Phi) is 3.57. The van der Waals surface area contributed by atoms with E-state index in [0.29, 0.717) is 12.7 Å². The average molecular weight is 218 g/mol. The van der Waals surface area contributed by atoms with E-state index >= 15 is 0 Å². The molecule has 3 nitrogen and oxygen atoms in total. The largest absolute Gasteiger partial charge is 0.384 e. The minimum Gasteiger partial charge on any atom is -0.384 e. The Labute approximate surface area is 96.1 Å². The Balaban J connectivity index is 1.93. The number of amidine groups is 1. The molecule has 1 fully saturated rings. The first kappa shape index (κ1) is 11.1. The van der Waals surface area contributed by atoms with E-state index in [4.69, 9.17) is 15.9 Å². The van der Waals surface area contributed by atoms with Gasteiger partial charge in [-0.05, 0) is 24.5 Å². The zero-order valence-corrected chi connectivity index (χ0v) is 9.41. The van der Waals surface area contributed by atoms with Gasteiger partial charge in [-0.2, -0.15) is 0 Å². The Morgan fingerprint density at radius 1 is 1.38 bits per heavy atom. The van der Waals surface area contributed by atoms with E-state index in [2.05, 4.69) is 0 Å². The molecule has 1 aromatic rings. The molecule has 0 aliphatic heterocycles. The molecule has 16 heavy (non-hydrogen) atoms. The van der Waals surface area contributed by atoms with Gasteiger partial charge in [-0.25, -0.2) is 0 Å². The van der Waals surface area contributed by atoms with Gasteiger partial charge in [0.05, 0.1) is 12.7 Å². The number of rotatable bonds is 4. The zero-order valence-electron chi connectivity index (χ0n) is 9.41. The van der Waals surface area contributed by atoms with Crippen LogP contribution >= 0.6 is 0 Å². The summed E-state index contributed by atoms with van der Waals surface area (Å²) in [5.41, 5.74) is 7.31. The third kappa shape index (κ3) is 2.83. The van der Waals surface area contributed by atoms with E-state index in [1.807, 2.05) is 24.3 Å². The smallest absolute Gasteiger partial charge is 0.122 e. The third-order valence-corrected chi connectivity index (χ3v) is 3.03. The minimum absolute atomic E-state index is 0.114. The first-order valence-electron chi connectivity index (χ1n) is 5.80. The molecular weight excluding hydrogens is 200 g/mol. The molecule has 3 N–H and O–H groups in total. The van der Waals surface area contributed by atoms with Crippen LogP contribution < -0.4 is 5.73 Å². The number of nitrogens with two attached hydrogens (primary N) is 1. The number of nitrogens with one attached hydrogen (secondary N) is 1. The van der Waals surface area contributed by atoms with Crippen molar-refractivity contribution >= 4 is 5.84 Å². The first-order valence-corrected chi connectivity index (χ1v) is 5.80. The molecule has 0 spiro atoms. The molecule has 86 valence electrons. The quantitative estimate of drug-likeness (QED) is 0.602. The topological polar surface area (TPSA) is 59.1 Å². The van der Waals surface area contributed by atoms with Crippen molar-refractivity contribution < 1.29 is 4.74 Å². The fraction of sp³-hybridized carbons (Fsp3) is 0.462. The highest BCUT2D eigenvalue weighted by Crippen LogP contribution is 2.22. The van der Waals surface area contributed by atoms with Gasteiger partial charge in [0.2, 0.25) is 0 Å². The Morgan fingerprint density at radius 3 is 2.81 bits per heavy atom. The van der Waals surface area contributed by atoms with E-state index in [-0.39, 0.29) is 5.84 Å². The molecule has 0 radical (unpaired) electrons. The molecule has 0 bridgehead atoms. The average Bonchev–Trinajstić information content (AvgIpc) is 2.79. The van der Waals surface area contributed by atoms with Gasteiger partial charge in [0, 0.05) is 5.56 Å². The van der Waals surface area contributed by atoms with E-state index in [1.165, 1.54) is 25.7 Å². The molecule has 0 aromatic heterocycles. The van der Waals surface area contributed by atoms with Crippen LogP contribution in [0.15, 0.2) is 24.3 Å². The van der Waals surface area contributed by atoms with Crippen LogP contribution in [0.25, 0.3) is 0 Å². The fourth-order valence-corrected chi connectivity index (χ4v) is 2.10. The van der Waals surface area contributed by atoms with Crippen LogP contribution in [0.4, 0.5) is 0 Å². The second-order valence-corrected chi connectivity index (χ2v) is 4.33. The van der Waals surface area contributed by atoms with Crippen molar-refractivity contribution in [2.75, 3.05) is 0 Å². The number of hydrogen-bond donors (Lipinski definition) is 2. The maximum absolute atomic E-state index is 7.37. The molecule has 1 aliphatic rings. The van der Waals surface area contributed by atoms with Gasteiger partial charge in [-0.15, -0.1) is 0 Å². The molecule has 3 heteroatoms. The normalized spacial score (nSPS) is 16.5. The molecular formula is C13H18N2O. The predicted octanol–water partition coefficient (Wildman–Crippen LogP) is 2.43. The summed E-state index contributed by atoms with van der Waals surface area (Å²) in [5.74, 6) is 0.114. The number of benzene rings is 1. The highest BCUT2D eigenvalue weighted by molar-refractivity contribution is 5.95. The van der Waals surface area contributed by atoms with Gasteiger partial charge < -0.3 is 10.5 Å². The summed E-state index contributed by atoms with van der Waals surface area (Å²) in [7, 11) is 0. The van der Waals surface area contributed by atoms with Gasteiger partial charge in [0.25, 0.3) is 0 Å².